The Hall–Kier alpha value is -3.47. The lowest BCUT2D eigenvalue weighted by molar-refractivity contribution is 0.0712. The van der Waals surface area contributed by atoms with Gasteiger partial charge in [0.05, 0.1) is 11.3 Å². The molecular weight excluding hydrogens is 420 g/mol. The number of pyridine rings is 2. The molecule has 1 N–H and O–H groups in total. The second-order valence-corrected chi connectivity index (χ2v) is 9.82. The van der Waals surface area contributed by atoms with Gasteiger partial charge in [-0.25, -0.2) is 0 Å². The molecule has 0 bridgehead atoms. The van der Waals surface area contributed by atoms with Crippen LogP contribution in [0.25, 0.3) is 22.2 Å². The second-order valence-electron chi connectivity index (χ2n) is 9.82. The lowest BCUT2D eigenvalue weighted by Crippen LogP contribution is -2.37. The maximum Gasteiger partial charge on any atom is 0.255 e. The van der Waals surface area contributed by atoms with Gasteiger partial charge in [0.1, 0.15) is 0 Å². The van der Waals surface area contributed by atoms with Crippen LogP contribution in [-0.2, 0) is 0 Å². The fourth-order valence-corrected chi connectivity index (χ4v) is 5.38. The Kier molecular flexibility index (Phi) is 5.94. The van der Waals surface area contributed by atoms with Gasteiger partial charge >= 0.3 is 0 Å². The van der Waals surface area contributed by atoms with Crippen molar-refractivity contribution in [2.24, 2.45) is 0 Å². The van der Waals surface area contributed by atoms with Gasteiger partial charge in [-0.1, -0.05) is 19.9 Å². The maximum absolute atomic E-state index is 12.8. The minimum Gasteiger partial charge on any atom is -0.354 e. The third-order valence-electron chi connectivity index (χ3n) is 6.97. The van der Waals surface area contributed by atoms with Crippen LogP contribution >= 0.6 is 0 Å². The molecule has 1 aliphatic rings. The molecule has 34 heavy (non-hydrogen) atoms. The van der Waals surface area contributed by atoms with E-state index in [9.17, 15) is 4.79 Å². The van der Waals surface area contributed by atoms with E-state index in [1.165, 1.54) is 33.3 Å². The topological polar surface area (TPSA) is 61.9 Å². The smallest absolute Gasteiger partial charge is 0.255 e. The number of nitrogens with zero attached hydrogens (tertiary/aromatic N) is 3. The monoisotopic (exact) mass is 452 g/mol. The van der Waals surface area contributed by atoms with Crippen molar-refractivity contribution in [3.05, 3.63) is 82.9 Å². The summed E-state index contributed by atoms with van der Waals surface area (Å²) in [5.74, 6) is 0.945. The van der Waals surface area contributed by atoms with Gasteiger partial charge < -0.3 is 9.88 Å². The number of hydrogen-bond donors (Lipinski definition) is 1. The van der Waals surface area contributed by atoms with Crippen LogP contribution in [-0.4, -0.2) is 38.8 Å². The van der Waals surface area contributed by atoms with Gasteiger partial charge in [-0.15, -0.1) is 0 Å². The predicted molar refractivity (Wildman–Crippen MR) is 137 cm³/mol. The number of likely N-dealkylation sites (tertiary alicyclic amines) is 1. The number of piperidine rings is 1. The number of aromatic nitrogens is 3. The standard InChI is InChI=1S/C29H32N4O/c1-18(2)27-25-16-22(7-8-26(25)32-28(27)24-14-19(3)31-20(4)15-24)21-9-12-33(13-10-21)29(34)23-6-5-11-30-17-23/h5-8,11,14-18,21,32H,9-10,12-13H2,1-4H3. The lowest BCUT2D eigenvalue weighted by atomic mass is 9.87. The highest BCUT2D eigenvalue weighted by Crippen LogP contribution is 2.38. The van der Waals surface area contributed by atoms with E-state index in [2.05, 4.69) is 73.0 Å². The number of carbonyl (C=O) groups excluding carboxylic acids is 1. The molecule has 1 saturated heterocycles. The Balaban J connectivity index is 1.42. The van der Waals surface area contributed by atoms with Crippen LogP contribution in [0.15, 0.2) is 54.9 Å². The molecule has 0 aliphatic carbocycles. The molecular formula is C29H32N4O. The fraction of sp³-hybridized carbons (Fsp3) is 0.345. The summed E-state index contributed by atoms with van der Waals surface area (Å²) in [6, 6.07) is 14.9. The van der Waals surface area contributed by atoms with Crippen LogP contribution < -0.4 is 0 Å². The van der Waals surface area contributed by atoms with Crippen molar-refractivity contribution in [2.75, 3.05) is 13.1 Å². The van der Waals surface area contributed by atoms with E-state index in [1.807, 2.05) is 17.0 Å². The number of rotatable bonds is 4. The first-order chi connectivity index (χ1) is 16.4. The minimum absolute atomic E-state index is 0.0855. The Morgan fingerprint density at radius 2 is 1.79 bits per heavy atom. The normalized spacial score (nSPS) is 14.8. The molecule has 1 fully saturated rings. The molecule has 5 nitrogen and oxygen atoms in total. The molecule has 1 aromatic carbocycles. The summed E-state index contributed by atoms with van der Waals surface area (Å²) in [4.78, 5) is 27.1. The van der Waals surface area contributed by atoms with Crippen LogP contribution in [0.4, 0.5) is 0 Å². The van der Waals surface area contributed by atoms with Gasteiger partial charge in [0.25, 0.3) is 5.91 Å². The van der Waals surface area contributed by atoms with Gasteiger partial charge in [-0.3, -0.25) is 14.8 Å². The zero-order chi connectivity index (χ0) is 23.8. The second kappa shape index (κ2) is 9.05. The highest BCUT2D eigenvalue weighted by molar-refractivity contribution is 5.94. The van der Waals surface area contributed by atoms with Crippen molar-refractivity contribution in [3.63, 3.8) is 0 Å². The number of nitrogens with one attached hydrogen (secondary N) is 1. The van der Waals surface area contributed by atoms with E-state index in [4.69, 9.17) is 0 Å². The van der Waals surface area contributed by atoms with Crippen molar-refractivity contribution in [1.29, 1.82) is 0 Å². The summed E-state index contributed by atoms with van der Waals surface area (Å²) in [7, 11) is 0. The molecule has 0 atom stereocenters. The zero-order valence-electron chi connectivity index (χ0n) is 20.4. The van der Waals surface area contributed by atoms with E-state index < -0.39 is 0 Å². The third kappa shape index (κ3) is 4.23. The van der Waals surface area contributed by atoms with Crippen LogP contribution in [0.5, 0.6) is 0 Å². The number of benzene rings is 1. The Morgan fingerprint density at radius 1 is 1.06 bits per heavy atom. The van der Waals surface area contributed by atoms with Gasteiger partial charge in [0.2, 0.25) is 0 Å². The van der Waals surface area contributed by atoms with E-state index >= 15 is 0 Å². The predicted octanol–water partition coefficient (Wildman–Crippen LogP) is 6.38. The van der Waals surface area contributed by atoms with Crippen LogP contribution in [0.1, 0.15) is 71.4 Å². The average Bonchev–Trinajstić information content (AvgIpc) is 3.23. The molecule has 0 spiro atoms. The fourth-order valence-electron chi connectivity index (χ4n) is 5.38. The van der Waals surface area contributed by atoms with Crippen molar-refractivity contribution in [2.45, 2.75) is 52.4 Å². The Morgan fingerprint density at radius 3 is 2.44 bits per heavy atom. The van der Waals surface area contributed by atoms with E-state index in [0.717, 1.165) is 37.3 Å². The molecule has 5 heteroatoms. The average molecular weight is 453 g/mol. The Bertz CT molecular complexity index is 1310. The first kappa shape index (κ1) is 22.3. The highest BCUT2D eigenvalue weighted by Gasteiger charge is 2.26. The largest absolute Gasteiger partial charge is 0.354 e. The van der Waals surface area contributed by atoms with E-state index in [-0.39, 0.29) is 5.91 Å². The van der Waals surface area contributed by atoms with Crippen molar-refractivity contribution in [1.82, 2.24) is 19.9 Å². The molecule has 0 radical (unpaired) electrons. The number of aryl methyl sites for hydroxylation is 2. The van der Waals surface area contributed by atoms with Crippen molar-refractivity contribution >= 4 is 16.8 Å². The van der Waals surface area contributed by atoms with E-state index in [0.29, 0.717) is 17.4 Å². The molecule has 4 aromatic rings. The summed E-state index contributed by atoms with van der Waals surface area (Å²) in [5.41, 5.74) is 9.07. The van der Waals surface area contributed by atoms with E-state index in [1.54, 1.807) is 12.4 Å². The summed E-state index contributed by atoms with van der Waals surface area (Å²) >= 11 is 0. The van der Waals surface area contributed by atoms with Gasteiger partial charge in [0, 0.05) is 53.3 Å². The summed E-state index contributed by atoms with van der Waals surface area (Å²) < 4.78 is 0. The van der Waals surface area contributed by atoms with Crippen molar-refractivity contribution < 1.29 is 4.79 Å². The SMILES string of the molecule is Cc1cc(-c2[nH]c3ccc(C4CCN(C(=O)c5cccnc5)CC4)cc3c2C(C)C)cc(C)n1. The summed E-state index contributed by atoms with van der Waals surface area (Å²) in [6.45, 7) is 10.2. The van der Waals surface area contributed by atoms with Crippen LogP contribution in [0.3, 0.4) is 0 Å². The third-order valence-corrected chi connectivity index (χ3v) is 6.97. The van der Waals surface area contributed by atoms with Crippen molar-refractivity contribution in [3.8, 4) is 11.3 Å². The molecule has 3 aromatic heterocycles. The first-order valence-electron chi connectivity index (χ1n) is 12.2. The molecule has 0 unspecified atom stereocenters. The van der Waals surface area contributed by atoms with Gasteiger partial charge in [-0.2, -0.15) is 0 Å². The first-order valence-corrected chi connectivity index (χ1v) is 12.2. The molecule has 4 heterocycles. The molecule has 1 amide bonds. The van der Waals surface area contributed by atoms with Crippen LogP contribution in [0, 0.1) is 13.8 Å². The molecule has 5 rings (SSSR count). The Labute approximate surface area is 201 Å². The quantitative estimate of drug-likeness (QED) is 0.390. The summed E-state index contributed by atoms with van der Waals surface area (Å²) in [5, 5.41) is 1.31. The number of hydrogen-bond acceptors (Lipinski definition) is 3. The maximum atomic E-state index is 12.8. The number of carbonyl (C=O) groups is 1. The van der Waals surface area contributed by atoms with Gasteiger partial charge in [-0.05, 0) is 86.1 Å². The zero-order valence-corrected chi connectivity index (χ0v) is 20.4. The number of fused-ring (bicyclic) bond motifs is 1. The summed E-state index contributed by atoms with van der Waals surface area (Å²) in [6.07, 6.45) is 5.32. The van der Waals surface area contributed by atoms with Crippen LogP contribution in [0.2, 0.25) is 0 Å². The lowest BCUT2D eigenvalue weighted by Gasteiger charge is -2.32. The molecule has 174 valence electrons. The molecule has 1 aliphatic heterocycles. The minimum atomic E-state index is 0.0855. The number of H-pyrrole nitrogens is 1. The number of aromatic amines is 1. The highest BCUT2D eigenvalue weighted by atomic mass is 16.2. The number of amides is 1. The van der Waals surface area contributed by atoms with Gasteiger partial charge in [0.15, 0.2) is 0 Å². The molecule has 0 saturated carbocycles.